The average molecular weight is 621 g/mol. The molecule has 4 aromatic rings. The van der Waals surface area contributed by atoms with E-state index in [9.17, 15) is 14.4 Å². The van der Waals surface area contributed by atoms with E-state index in [0.717, 1.165) is 88.3 Å². The minimum Gasteiger partial charge on any atom is -0.365 e. The number of likely N-dealkylation sites (tertiary alicyclic amines) is 1. The van der Waals surface area contributed by atoms with Crippen LogP contribution < -0.4 is 16.5 Å². The maximum absolute atomic E-state index is 13.2. The number of hydrogen-bond acceptors (Lipinski definition) is 8. The van der Waals surface area contributed by atoms with E-state index in [1.54, 1.807) is 4.57 Å². The summed E-state index contributed by atoms with van der Waals surface area (Å²) in [5.41, 5.74) is 10.9. The predicted molar refractivity (Wildman–Crippen MR) is 178 cm³/mol. The number of carbonyl (C=O) groups is 2. The van der Waals surface area contributed by atoms with Gasteiger partial charge < -0.3 is 25.4 Å². The predicted octanol–water partition coefficient (Wildman–Crippen LogP) is 3.07. The van der Waals surface area contributed by atoms with Gasteiger partial charge in [-0.15, -0.1) is 0 Å². The summed E-state index contributed by atoms with van der Waals surface area (Å²) in [4.78, 5) is 54.4. The van der Waals surface area contributed by atoms with Crippen LogP contribution in [-0.2, 0) is 17.6 Å². The fraction of sp³-hybridized carbons (Fsp3) is 0.400. The highest BCUT2D eigenvalue weighted by Gasteiger charge is 2.27. The zero-order valence-corrected chi connectivity index (χ0v) is 26.2. The summed E-state index contributed by atoms with van der Waals surface area (Å²) >= 11 is 0. The Morgan fingerprint density at radius 1 is 0.978 bits per heavy atom. The molecule has 46 heavy (non-hydrogen) atoms. The minimum atomic E-state index is -0.787. The smallest absolute Gasteiger partial charge is 0.254 e. The molecule has 1 aliphatic carbocycles. The second kappa shape index (κ2) is 12.6. The number of nitrogens with zero attached hydrogens (tertiary/aromatic N) is 6. The Bertz CT molecular complexity index is 1850. The number of anilines is 2. The summed E-state index contributed by atoms with van der Waals surface area (Å²) < 4.78 is 1.77. The molecule has 0 spiro atoms. The molecule has 7 rings (SSSR count). The van der Waals surface area contributed by atoms with Crippen molar-refractivity contribution in [1.29, 1.82) is 0 Å². The summed E-state index contributed by atoms with van der Waals surface area (Å²) in [5.74, 6) is 0.0540. The van der Waals surface area contributed by atoms with Crippen molar-refractivity contribution >= 4 is 34.5 Å². The maximum Gasteiger partial charge on any atom is 0.254 e. The number of benzene rings is 2. The lowest BCUT2D eigenvalue weighted by Crippen LogP contribution is -2.50. The van der Waals surface area contributed by atoms with Gasteiger partial charge in [-0.05, 0) is 80.0 Å². The van der Waals surface area contributed by atoms with E-state index in [-0.39, 0.29) is 22.8 Å². The third kappa shape index (κ3) is 6.00. The zero-order valence-electron chi connectivity index (χ0n) is 26.2. The molecule has 2 fully saturated rings. The number of pyridine rings is 1. The van der Waals surface area contributed by atoms with Crippen LogP contribution in [0.5, 0.6) is 0 Å². The largest absolute Gasteiger partial charge is 0.365 e. The van der Waals surface area contributed by atoms with Gasteiger partial charge in [0.05, 0.1) is 11.9 Å². The summed E-state index contributed by atoms with van der Waals surface area (Å²) in [7, 11) is 2.12. The fourth-order valence-corrected chi connectivity index (χ4v) is 7.08. The van der Waals surface area contributed by atoms with Crippen LogP contribution in [0.3, 0.4) is 0 Å². The lowest BCUT2D eigenvalue weighted by Gasteiger charge is -2.36. The first-order chi connectivity index (χ1) is 22.3. The van der Waals surface area contributed by atoms with Gasteiger partial charge in [-0.3, -0.25) is 19.3 Å². The molecule has 0 saturated carbocycles. The molecule has 2 aromatic carbocycles. The van der Waals surface area contributed by atoms with Crippen LogP contribution in [0.25, 0.3) is 16.7 Å². The summed E-state index contributed by atoms with van der Waals surface area (Å²) in [5, 5.41) is 3.64. The van der Waals surface area contributed by atoms with E-state index in [1.165, 1.54) is 23.5 Å². The lowest BCUT2D eigenvalue weighted by atomic mass is 9.88. The molecule has 238 valence electrons. The Balaban J connectivity index is 1.12. The number of hydrogen-bond donors (Lipinski definition) is 2. The van der Waals surface area contributed by atoms with Crippen LogP contribution in [0, 0.1) is 0 Å². The highest BCUT2D eigenvalue weighted by molar-refractivity contribution is 5.96. The van der Waals surface area contributed by atoms with Gasteiger partial charge in [0.2, 0.25) is 17.3 Å². The van der Waals surface area contributed by atoms with Crippen molar-refractivity contribution < 1.29 is 9.59 Å². The number of amides is 2. The molecule has 3 aliphatic rings. The van der Waals surface area contributed by atoms with E-state index in [2.05, 4.69) is 45.3 Å². The number of rotatable bonds is 7. The Kier molecular flexibility index (Phi) is 8.27. The Morgan fingerprint density at radius 2 is 1.74 bits per heavy atom. The topological polar surface area (TPSA) is 130 Å². The Hall–Kier alpha value is -4.61. The molecular formula is C35H40N8O3. The average Bonchev–Trinajstić information content (AvgIpc) is 3.54. The molecule has 0 bridgehead atoms. The first kappa shape index (κ1) is 30.1. The van der Waals surface area contributed by atoms with E-state index < -0.39 is 11.3 Å². The highest BCUT2D eigenvalue weighted by Crippen LogP contribution is 2.34. The van der Waals surface area contributed by atoms with Crippen LogP contribution in [0.15, 0.2) is 59.7 Å². The van der Waals surface area contributed by atoms with Gasteiger partial charge >= 0.3 is 0 Å². The van der Waals surface area contributed by atoms with Crippen molar-refractivity contribution in [3.8, 4) is 5.69 Å². The number of likely N-dealkylation sites (N-methyl/N-ethyl adjacent to an activating group) is 1. The number of carbonyl (C=O) groups excluding carboxylic acids is 2. The summed E-state index contributed by atoms with van der Waals surface area (Å²) in [6, 6.07) is 14.3. The van der Waals surface area contributed by atoms with Gasteiger partial charge in [0.15, 0.2) is 5.65 Å². The van der Waals surface area contributed by atoms with Gasteiger partial charge in [-0.1, -0.05) is 24.3 Å². The molecule has 2 saturated heterocycles. The molecule has 2 amide bonds. The molecule has 11 nitrogen and oxygen atoms in total. The van der Waals surface area contributed by atoms with E-state index in [1.807, 2.05) is 29.2 Å². The monoisotopic (exact) mass is 620 g/mol. The van der Waals surface area contributed by atoms with Crippen molar-refractivity contribution in [2.24, 2.45) is 5.73 Å². The van der Waals surface area contributed by atoms with Crippen molar-refractivity contribution in [3.05, 3.63) is 87.3 Å². The van der Waals surface area contributed by atoms with Gasteiger partial charge in [0, 0.05) is 63.0 Å². The molecular weight excluding hydrogens is 580 g/mol. The SMILES string of the molecule is CN1CCN(CC(=O)N2CCC(c3ccccc3Nc3ncc4c(=O)c(C(N)=O)cn(-c5ccc6c(c5)CCC6)c4n3)CC2)CC1. The molecule has 2 aliphatic heterocycles. The fourth-order valence-electron chi connectivity index (χ4n) is 7.08. The van der Waals surface area contributed by atoms with E-state index in [0.29, 0.717) is 18.1 Å². The highest BCUT2D eigenvalue weighted by atomic mass is 16.2. The van der Waals surface area contributed by atoms with Crippen molar-refractivity contribution in [2.75, 3.05) is 58.2 Å². The van der Waals surface area contributed by atoms with E-state index in [4.69, 9.17) is 10.7 Å². The number of fused-ring (bicyclic) bond motifs is 2. The van der Waals surface area contributed by atoms with E-state index >= 15 is 0 Å². The zero-order chi connectivity index (χ0) is 31.8. The quantitative estimate of drug-likeness (QED) is 0.323. The van der Waals surface area contributed by atoms with Crippen LogP contribution in [0.2, 0.25) is 0 Å². The summed E-state index contributed by atoms with van der Waals surface area (Å²) in [6.45, 7) is 5.82. The molecule has 2 aromatic heterocycles. The first-order valence-electron chi connectivity index (χ1n) is 16.2. The second-order valence-electron chi connectivity index (χ2n) is 12.8. The Morgan fingerprint density at radius 3 is 2.52 bits per heavy atom. The third-order valence-corrected chi connectivity index (χ3v) is 9.82. The van der Waals surface area contributed by atoms with Gasteiger partial charge in [0.1, 0.15) is 5.56 Å². The van der Waals surface area contributed by atoms with Gasteiger partial charge in [-0.2, -0.15) is 4.98 Å². The number of para-hydroxylation sites is 1. The van der Waals surface area contributed by atoms with Crippen LogP contribution in [-0.4, -0.2) is 93.9 Å². The summed E-state index contributed by atoms with van der Waals surface area (Å²) in [6.07, 6.45) is 7.86. The van der Waals surface area contributed by atoms with Crippen molar-refractivity contribution in [3.63, 3.8) is 0 Å². The number of aromatic nitrogens is 3. The number of piperidine rings is 1. The minimum absolute atomic E-state index is 0.101. The number of nitrogens with one attached hydrogen (secondary N) is 1. The molecule has 3 N–H and O–H groups in total. The number of piperazine rings is 1. The second-order valence-corrected chi connectivity index (χ2v) is 12.8. The molecule has 4 heterocycles. The standard InChI is InChI=1S/C35H40N8O3/c1-40-15-17-41(18-16-40)22-31(44)42-13-11-24(12-14-42)27-7-2-3-8-30(27)38-35-37-20-28-32(45)29(33(36)46)21-43(34(28)39-35)26-10-9-23-5-4-6-25(23)19-26/h2-3,7-10,19-21,24H,4-6,11-18,22H2,1H3,(H2,36,46)(H,37,38,39). The molecule has 11 heteroatoms. The Labute approximate surface area is 268 Å². The van der Waals surface area contributed by atoms with Gasteiger partial charge in [-0.25, -0.2) is 4.98 Å². The van der Waals surface area contributed by atoms with Crippen molar-refractivity contribution in [1.82, 2.24) is 29.2 Å². The normalized spacial score (nSPS) is 17.7. The lowest BCUT2D eigenvalue weighted by molar-refractivity contribution is -0.133. The van der Waals surface area contributed by atoms with Crippen LogP contribution in [0.1, 0.15) is 52.2 Å². The van der Waals surface area contributed by atoms with Crippen LogP contribution >= 0.6 is 0 Å². The number of nitrogens with two attached hydrogens (primary N) is 1. The number of aryl methyl sites for hydroxylation is 2. The molecule has 0 radical (unpaired) electrons. The van der Waals surface area contributed by atoms with Crippen molar-refractivity contribution in [2.45, 2.75) is 38.0 Å². The molecule has 0 unspecified atom stereocenters. The van der Waals surface area contributed by atoms with Gasteiger partial charge in [0.25, 0.3) is 5.91 Å². The first-order valence-corrected chi connectivity index (χ1v) is 16.2. The molecule has 0 atom stereocenters. The van der Waals surface area contributed by atoms with Crippen LogP contribution in [0.4, 0.5) is 11.6 Å². The third-order valence-electron chi connectivity index (χ3n) is 9.82. The maximum atomic E-state index is 13.2. The number of primary amides is 1.